The van der Waals surface area contributed by atoms with Crippen LogP contribution in [0.15, 0.2) is 17.5 Å². The van der Waals surface area contributed by atoms with Crippen LogP contribution in [0, 0.1) is 0 Å². The van der Waals surface area contributed by atoms with Gasteiger partial charge in [-0.2, -0.15) is 0 Å². The monoisotopic (exact) mass is 396 g/mol. The van der Waals surface area contributed by atoms with Gasteiger partial charge in [0.1, 0.15) is 0 Å². The Bertz CT molecular complexity index is 520. The molecule has 6 heteroatoms. The summed E-state index contributed by atoms with van der Waals surface area (Å²) in [6, 6.07) is 2.87. The molecule has 27 heavy (non-hydrogen) atoms. The Morgan fingerprint density at radius 2 is 1.63 bits per heavy atom. The number of aliphatic hydroxyl groups excluding tert-OH is 1. The van der Waals surface area contributed by atoms with E-state index in [0.717, 1.165) is 12.8 Å². The lowest BCUT2D eigenvalue weighted by molar-refractivity contribution is -0.130. The number of rotatable bonds is 15. The second-order valence-electron chi connectivity index (χ2n) is 7.16. The third kappa shape index (κ3) is 10.5. The lowest BCUT2D eigenvalue weighted by atomic mass is 10.1. The predicted octanol–water partition coefficient (Wildman–Crippen LogP) is 4.26. The lowest BCUT2D eigenvalue weighted by Crippen LogP contribution is -2.49. The van der Waals surface area contributed by atoms with Crippen LogP contribution < -0.4 is 10.6 Å². The minimum atomic E-state index is -1.24. The Balaban J connectivity index is 2.04. The molecule has 2 amide bonds. The van der Waals surface area contributed by atoms with Crippen LogP contribution in [0.2, 0.25) is 0 Å². The number of hydrogen-bond donors (Lipinski definition) is 3. The van der Waals surface area contributed by atoms with Crippen molar-refractivity contribution < 1.29 is 14.7 Å². The van der Waals surface area contributed by atoms with E-state index in [0.29, 0.717) is 11.4 Å². The number of aliphatic hydroxyl groups is 1. The van der Waals surface area contributed by atoms with Gasteiger partial charge in [0, 0.05) is 6.54 Å². The summed E-state index contributed by atoms with van der Waals surface area (Å²) in [6.07, 6.45) is 11.2. The Morgan fingerprint density at radius 1 is 1.04 bits per heavy atom. The zero-order valence-electron chi connectivity index (χ0n) is 16.8. The quantitative estimate of drug-likeness (QED) is 0.388. The second-order valence-corrected chi connectivity index (χ2v) is 8.10. The SMILES string of the molecule is CCCCCCCCCCCCNC(=O)[C@H](O)[C@H](C)NC(=O)c1cccs1. The van der Waals surface area contributed by atoms with Gasteiger partial charge in [-0.15, -0.1) is 11.3 Å². The Kier molecular flexibility index (Phi) is 12.8. The Hall–Kier alpha value is -1.40. The molecule has 5 nitrogen and oxygen atoms in total. The molecule has 0 aliphatic heterocycles. The molecule has 1 heterocycles. The molecule has 0 unspecified atom stereocenters. The molecule has 0 saturated heterocycles. The van der Waals surface area contributed by atoms with Crippen LogP contribution in [0.25, 0.3) is 0 Å². The van der Waals surface area contributed by atoms with E-state index in [-0.39, 0.29) is 5.91 Å². The van der Waals surface area contributed by atoms with E-state index >= 15 is 0 Å². The van der Waals surface area contributed by atoms with Crippen molar-refractivity contribution in [1.82, 2.24) is 10.6 Å². The summed E-state index contributed by atoms with van der Waals surface area (Å²) in [5, 5.41) is 17.3. The number of amides is 2. The van der Waals surface area contributed by atoms with Crippen LogP contribution in [0.1, 0.15) is 87.7 Å². The highest BCUT2D eigenvalue weighted by atomic mass is 32.1. The van der Waals surface area contributed by atoms with Gasteiger partial charge in [0.15, 0.2) is 6.10 Å². The number of carbonyl (C=O) groups is 2. The largest absolute Gasteiger partial charge is 0.381 e. The minimum absolute atomic E-state index is 0.265. The van der Waals surface area contributed by atoms with Crippen molar-refractivity contribution in [2.24, 2.45) is 0 Å². The normalized spacial score (nSPS) is 13.1. The Morgan fingerprint density at radius 3 is 2.19 bits per heavy atom. The fourth-order valence-corrected chi connectivity index (χ4v) is 3.55. The van der Waals surface area contributed by atoms with E-state index in [4.69, 9.17) is 0 Å². The van der Waals surface area contributed by atoms with Gasteiger partial charge in [-0.05, 0) is 24.8 Å². The van der Waals surface area contributed by atoms with Crippen LogP contribution >= 0.6 is 11.3 Å². The van der Waals surface area contributed by atoms with Crippen molar-refractivity contribution in [3.05, 3.63) is 22.4 Å². The molecule has 3 N–H and O–H groups in total. The highest BCUT2D eigenvalue weighted by Gasteiger charge is 2.24. The van der Waals surface area contributed by atoms with Crippen molar-refractivity contribution in [3.63, 3.8) is 0 Å². The number of thiophene rings is 1. The van der Waals surface area contributed by atoms with E-state index in [1.54, 1.807) is 19.1 Å². The number of hydrogen-bond acceptors (Lipinski definition) is 4. The molecule has 2 atom stereocenters. The first kappa shape index (κ1) is 23.6. The summed E-state index contributed by atoms with van der Waals surface area (Å²) in [6.45, 7) is 4.44. The van der Waals surface area contributed by atoms with Crippen molar-refractivity contribution >= 4 is 23.2 Å². The molecule has 1 aromatic heterocycles. The first-order chi connectivity index (χ1) is 13.1. The van der Waals surface area contributed by atoms with Crippen LogP contribution in [0.4, 0.5) is 0 Å². The van der Waals surface area contributed by atoms with E-state index in [2.05, 4.69) is 17.6 Å². The van der Waals surface area contributed by atoms with Gasteiger partial charge in [0.2, 0.25) is 0 Å². The van der Waals surface area contributed by atoms with E-state index in [1.807, 2.05) is 5.38 Å². The summed E-state index contributed by atoms with van der Waals surface area (Å²) >= 11 is 1.33. The van der Waals surface area contributed by atoms with Crippen LogP contribution in [-0.2, 0) is 4.79 Å². The molecule has 0 aliphatic rings. The highest BCUT2D eigenvalue weighted by Crippen LogP contribution is 2.10. The van der Waals surface area contributed by atoms with Gasteiger partial charge in [-0.1, -0.05) is 70.8 Å². The summed E-state index contributed by atoms with van der Waals surface area (Å²) in [7, 11) is 0. The van der Waals surface area contributed by atoms with Gasteiger partial charge >= 0.3 is 0 Å². The zero-order chi connectivity index (χ0) is 19.9. The molecule has 1 rings (SSSR count). The molecular weight excluding hydrogens is 360 g/mol. The summed E-state index contributed by atoms with van der Waals surface area (Å²) in [5.41, 5.74) is 0. The molecular formula is C21H36N2O3S. The Labute approximate surface area is 167 Å². The maximum atomic E-state index is 12.0. The van der Waals surface area contributed by atoms with Crippen molar-refractivity contribution in [2.45, 2.75) is 90.2 Å². The smallest absolute Gasteiger partial charge is 0.261 e. The van der Waals surface area contributed by atoms with Crippen LogP contribution in [0.3, 0.4) is 0 Å². The summed E-state index contributed by atoms with van der Waals surface area (Å²) in [5.74, 6) is -0.691. The van der Waals surface area contributed by atoms with Gasteiger partial charge in [-0.3, -0.25) is 9.59 Å². The molecule has 0 aliphatic carbocycles. The second kappa shape index (κ2) is 14.6. The third-order valence-corrected chi connectivity index (χ3v) is 5.54. The van der Waals surface area contributed by atoms with Crippen LogP contribution in [-0.4, -0.2) is 35.6 Å². The van der Waals surface area contributed by atoms with E-state index in [9.17, 15) is 14.7 Å². The van der Waals surface area contributed by atoms with E-state index in [1.165, 1.54) is 62.7 Å². The van der Waals surface area contributed by atoms with Gasteiger partial charge < -0.3 is 15.7 Å². The average molecular weight is 397 g/mol. The topological polar surface area (TPSA) is 78.4 Å². The highest BCUT2D eigenvalue weighted by molar-refractivity contribution is 7.12. The zero-order valence-corrected chi connectivity index (χ0v) is 17.7. The molecule has 1 aromatic rings. The molecule has 0 spiro atoms. The van der Waals surface area contributed by atoms with Gasteiger partial charge in [-0.25, -0.2) is 0 Å². The predicted molar refractivity (Wildman–Crippen MR) is 112 cm³/mol. The molecule has 0 saturated carbocycles. The standard InChI is InChI=1S/C21H36N2O3S/c1-3-4-5-6-7-8-9-10-11-12-15-22-21(26)19(24)17(2)23-20(25)18-14-13-16-27-18/h13-14,16-17,19,24H,3-12,15H2,1-2H3,(H,22,26)(H,23,25)/t17-,19+/m0/s1. The first-order valence-electron chi connectivity index (χ1n) is 10.4. The van der Waals surface area contributed by atoms with Gasteiger partial charge in [0.05, 0.1) is 10.9 Å². The third-order valence-electron chi connectivity index (χ3n) is 4.68. The average Bonchev–Trinajstić information content (AvgIpc) is 3.20. The molecule has 154 valence electrons. The van der Waals surface area contributed by atoms with Crippen LogP contribution in [0.5, 0.6) is 0 Å². The fourth-order valence-electron chi connectivity index (χ4n) is 2.92. The number of nitrogens with one attached hydrogen (secondary N) is 2. The van der Waals surface area contributed by atoms with Gasteiger partial charge in [0.25, 0.3) is 11.8 Å². The molecule has 0 radical (unpaired) electrons. The lowest BCUT2D eigenvalue weighted by Gasteiger charge is -2.19. The van der Waals surface area contributed by atoms with Crippen molar-refractivity contribution in [1.29, 1.82) is 0 Å². The number of carbonyl (C=O) groups excluding carboxylic acids is 2. The maximum absolute atomic E-state index is 12.0. The maximum Gasteiger partial charge on any atom is 0.261 e. The number of unbranched alkanes of at least 4 members (excludes halogenated alkanes) is 9. The van der Waals surface area contributed by atoms with Crippen molar-refractivity contribution in [3.8, 4) is 0 Å². The summed E-state index contributed by atoms with van der Waals surface area (Å²) in [4.78, 5) is 24.5. The minimum Gasteiger partial charge on any atom is -0.381 e. The van der Waals surface area contributed by atoms with E-state index < -0.39 is 18.1 Å². The first-order valence-corrected chi connectivity index (χ1v) is 11.2. The summed E-state index contributed by atoms with van der Waals surface area (Å²) < 4.78 is 0. The molecule has 0 aromatic carbocycles. The fraction of sp³-hybridized carbons (Fsp3) is 0.714. The molecule has 0 bridgehead atoms. The van der Waals surface area contributed by atoms with Crippen molar-refractivity contribution in [2.75, 3.05) is 6.54 Å². The molecule has 0 fully saturated rings.